The molecule has 2 unspecified atom stereocenters. The third-order valence-electron chi connectivity index (χ3n) is 5.30. The third-order valence-corrected chi connectivity index (χ3v) is 5.53. The van der Waals surface area contributed by atoms with E-state index in [1.807, 2.05) is 24.0 Å². The largest absolute Gasteiger partial charge is 0.482 e. The van der Waals surface area contributed by atoms with Gasteiger partial charge in [0.2, 0.25) is 0 Å². The van der Waals surface area contributed by atoms with Crippen LogP contribution in [-0.2, 0) is 11.3 Å². The van der Waals surface area contributed by atoms with Crippen LogP contribution in [0.1, 0.15) is 19.4 Å². The van der Waals surface area contributed by atoms with Gasteiger partial charge in [0.25, 0.3) is 5.91 Å². The van der Waals surface area contributed by atoms with E-state index in [0.717, 1.165) is 24.3 Å². The molecule has 1 aliphatic heterocycles. The number of piperazine rings is 1. The Morgan fingerprint density at radius 2 is 1.90 bits per heavy atom. The molecule has 1 N–H and O–H groups in total. The molecule has 1 amide bonds. The summed E-state index contributed by atoms with van der Waals surface area (Å²) in [6.07, 6.45) is 0. The lowest BCUT2D eigenvalue weighted by molar-refractivity contribution is -0.139. The molecule has 3 rings (SSSR count). The molecule has 2 aromatic carbocycles. The van der Waals surface area contributed by atoms with Crippen molar-refractivity contribution in [3.8, 4) is 5.75 Å². The minimum atomic E-state index is -0.229. The number of halogens is 2. The van der Waals surface area contributed by atoms with Gasteiger partial charge in [0, 0.05) is 43.8 Å². The second kappa shape index (κ2) is 9.46. The second-order valence-electron chi connectivity index (χ2n) is 7.48. The van der Waals surface area contributed by atoms with Crippen LogP contribution in [0.3, 0.4) is 0 Å². The predicted molar refractivity (Wildman–Crippen MR) is 114 cm³/mol. The third kappa shape index (κ3) is 5.40. The highest BCUT2D eigenvalue weighted by molar-refractivity contribution is 6.30. The first kappa shape index (κ1) is 21.4. The smallest absolute Gasteiger partial charge is 0.260 e. The van der Waals surface area contributed by atoms with E-state index < -0.39 is 0 Å². The number of rotatable bonds is 6. The van der Waals surface area contributed by atoms with Crippen LogP contribution in [-0.4, -0.2) is 54.5 Å². The molecule has 0 aliphatic carbocycles. The maximum absolute atomic E-state index is 13.1. The number of nitrogens with one attached hydrogen (secondary N) is 1. The Morgan fingerprint density at radius 3 is 2.59 bits per heavy atom. The molecule has 0 bridgehead atoms. The van der Waals surface area contributed by atoms with Crippen molar-refractivity contribution >= 4 is 23.2 Å². The van der Waals surface area contributed by atoms with Crippen molar-refractivity contribution < 1.29 is 13.9 Å². The van der Waals surface area contributed by atoms with Gasteiger partial charge in [-0.05, 0) is 49.7 Å². The van der Waals surface area contributed by atoms with E-state index in [1.54, 1.807) is 25.2 Å². The highest BCUT2D eigenvalue weighted by atomic mass is 35.5. The van der Waals surface area contributed by atoms with Crippen molar-refractivity contribution in [2.24, 2.45) is 0 Å². The van der Waals surface area contributed by atoms with Gasteiger partial charge >= 0.3 is 0 Å². The number of nitrogens with zero attached hydrogens (tertiary/aromatic N) is 2. The Kier molecular flexibility index (Phi) is 6.98. The molecule has 1 fully saturated rings. The van der Waals surface area contributed by atoms with E-state index in [0.29, 0.717) is 17.3 Å². The molecular weight excluding hydrogens is 393 g/mol. The first-order valence-electron chi connectivity index (χ1n) is 9.75. The summed E-state index contributed by atoms with van der Waals surface area (Å²) in [6.45, 7) is 6.25. The zero-order chi connectivity index (χ0) is 21.0. The van der Waals surface area contributed by atoms with Crippen LogP contribution in [0.25, 0.3) is 0 Å². The van der Waals surface area contributed by atoms with Gasteiger partial charge < -0.3 is 15.0 Å². The Balaban J connectivity index is 1.58. The van der Waals surface area contributed by atoms with Crippen molar-refractivity contribution in [3.05, 3.63) is 58.9 Å². The van der Waals surface area contributed by atoms with Crippen LogP contribution in [0.5, 0.6) is 5.75 Å². The Bertz CT molecular complexity index is 846. The highest BCUT2D eigenvalue weighted by Crippen LogP contribution is 2.28. The normalized spacial score (nSPS) is 19.8. The van der Waals surface area contributed by atoms with Crippen LogP contribution < -0.4 is 10.1 Å². The molecule has 2 atom stereocenters. The van der Waals surface area contributed by atoms with Crippen molar-refractivity contribution in [2.75, 3.05) is 32.1 Å². The predicted octanol–water partition coefficient (Wildman–Crippen LogP) is 4.02. The molecule has 0 aromatic heterocycles. The minimum Gasteiger partial charge on any atom is -0.482 e. The molecule has 0 spiro atoms. The summed E-state index contributed by atoms with van der Waals surface area (Å²) in [7, 11) is 1.78. The topological polar surface area (TPSA) is 44.8 Å². The summed E-state index contributed by atoms with van der Waals surface area (Å²) in [6, 6.07) is 12.1. The minimum absolute atomic E-state index is 0.0225. The van der Waals surface area contributed by atoms with Crippen molar-refractivity contribution in [1.29, 1.82) is 0 Å². The molecule has 1 saturated heterocycles. The second-order valence-corrected chi connectivity index (χ2v) is 7.92. The summed E-state index contributed by atoms with van der Waals surface area (Å²) in [5.74, 6) is 0.330. The van der Waals surface area contributed by atoms with Gasteiger partial charge in [-0.15, -0.1) is 0 Å². The molecule has 29 heavy (non-hydrogen) atoms. The molecule has 0 saturated carbocycles. The van der Waals surface area contributed by atoms with Crippen LogP contribution in [0.4, 0.5) is 10.1 Å². The quantitative estimate of drug-likeness (QED) is 0.768. The lowest BCUT2D eigenvalue weighted by Gasteiger charge is -2.44. The lowest BCUT2D eigenvalue weighted by atomic mass is 10.1. The number of hydrogen-bond acceptors (Lipinski definition) is 4. The van der Waals surface area contributed by atoms with E-state index in [1.165, 1.54) is 12.1 Å². The number of amides is 1. The van der Waals surface area contributed by atoms with Crippen LogP contribution >= 0.6 is 11.6 Å². The summed E-state index contributed by atoms with van der Waals surface area (Å²) in [5.41, 5.74) is 1.81. The SMILES string of the molecule is CNc1cc(Cl)ccc1OCC(=O)N1CC(C)N(Cc2ccc(F)cc2)CC1C. The fourth-order valence-electron chi connectivity index (χ4n) is 3.64. The molecule has 1 heterocycles. The average molecular weight is 420 g/mol. The van der Waals surface area contributed by atoms with E-state index in [2.05, 4.69) is 17.1 Å². The molecule has 156 valence electrons. The summed E-state index contributed by atoms with van der Waals surface area (Å²) in [5, 5.41) is 3.63. The van der Waals surface area contributed by atoms with E-state index in [4.69, 9.17) is 16.3 Å². The standard InChI is InChI=1S/C22H27ClFN3O2/c1-15-12-27(16(2)11-26(15)13-17-4-7-19(24)8-5-17)22(28)14-29-21-9-6-18(23)10-20(21)25-3/h4-10,15-16,25H,11-14H2,1-3H3. The van der Waals surface area contributed by atoms with Gasteiger partial charge in [0.05, 0.1) is 5.69 Å². The van der Waals surface area contributed by atoms with Crippen LogP contribution in [0, 0.1) is 5.82 Å². The van der Waals surface area contributed by atoms with Crippen LogP contribution in [0.15, 0.2) is 42.5 Å². The highest BCUT2D eigenvalue weighted by Gasteiger charge is 2.32. The Hall–Kier alpha value is -2.31. The van der Waals surface area contributed by atoms with Crippen LogP contribution in [0.2, 0.25) is 5.02 Å². The first-order chi connectivity index (χ1) is 13.9. The van der Waals surface area contributed by atoms with Gasteiger partial charge in [0.1, 0.15) is 11.6 Å². The maximum atomic E-state index is 13.1. The average Bonchev–Trinajstić information content (AvgIpc) is 2.70. The van der Waals surface area contributed by atoms with Gasteiger partial charge in [-0.2, -0.15) is 0 Å². The van der Waals surface area contributed by atoms with Gasteiger partial charge in [-0.3, -0.25) is 9.69 Å². The Labute approximate surface area is 176 Å². The number of ether oxygens (including phenoxy) is 1. The molecule has 0 radical (unpaired) electrons. The molecule has 2 aromatic rings. The molecular formula is C22H27ClFN3O2. The van der Waals surface area contributed by atoms with E-state index in [9.17, 15) is 9.18 Å². The molecule has 1 aliphatic rings. The Morgan fingerprint density at radius 1 is 1.17 bits per heavy atom. The fraction of sp³-hybridized carbons (Fsp3) is 0.409. The monoisotopic (exact) mass is 419 g/mol. The fourth-order valence-corrected chi connectivity index (χ4v) is 3.81. The van der Waals surface area contributed by atoms with Crippen molar-refractivity contribution in [3.63, 3.8) is 0 Å². The summed E-state index contributed by atoms with van der Waals surface area (Å²) >= 11 is 6.00. The van der Waals surface area contributed by atoms with Gasteiger partial charge in [-0.25, -0.2) is 4.39 Å². The zero-order valence-corrected chi connectivity index (χ0v) is 17.7. The molecule has 7 heteroatoms. The summed E-state index contributed by atoms with van der Waals surface area (Å²) < 4.78 is 18.9. The summed E-state index contributed by atoms with van der Waals surface area (Å²) in [4.78, 5) is 17.0. The number of hydrogen-bond donors (Lipinski definition) is 1. The van der Waals surface area contributed by atoms with E-state index in [-0.39, 0.29) is 30.4 Å². The van der Waals surface area contributed by atoms with Crippen molar-refractivity contribution in [1.82, 2.24) is 9.80 Å². The number of benzene rings is 2. The van der Waals surface area contributed by atoms with E-state index >= 15 is 0 Å². The number of carbonyl (C=O) groups excluding carboxylic acids is 1. The zero-order valence-electron chi connectivity index (χ0n) is 17.0. The molecule has 5 nitrogen and oxygen atoms in total. The maximum Gasteiger partial charge on any atom is 0.260 e. The van der Waals surface area contributed by atoms with Gasteiger partial charge in [-0.1, -0.05) is 23.7 Å². The first-order valence-corrected chi connectivity index (χ1v) is 10.1. The number of anilines is 1. The number of carbonyl (C=O) groups is 1. The lowest BCUT2D eigenvalue weighted by Crippen LogP contribution is -2.58. The van der Waals surface area contributed by atoms with Crippen molar-refractivity contribution in [2.45, 2.75) is 32.5 Å². The van der Waals surface area contributed by atoms with Gasteiger partial charge in [0.15, 0.2) is 6.61 Å².